The predicted octanol–water partition coefficient (Wildman–Crippen LogP) is 3.60. The van der Waals surface area contributed by atoms with Crippen LogP contribution < -0.4 is 4.74 Å². The molecular formula is C13H11BrFNO. The number of rotatable bonds is 4. The Bertz CT molecular complexity index is 470. The van der Waals surface area contributed by atoms with Gasteiger partial charge in [0.05, 0.1) is 6.61 Å². The summed E-state index contributed by atoms with van der Waals surface area (Å²) in [5.41, 5.74) is 1.10. The molecule has 2 nitrogen and oxygen atoms in total. The summed E-state index contributed by atoms with van der Waals surface area (Å²) in [7, 11) is 0. The van der Waals surface area contributed by atoms with Crippen LogP contribution in [0.1, 0.15) is 5.56 Å². The van der Waals surface area contributed by atoms with Crippen LogP contribution in [0, 0.1) is 5.82 Å². The standard InChI is InChI=1S/C13H11BrFNO/c14-11-6-12(15)8-13(7-11)17-5-3-10-2-1-4-16-9-10/h1-2,4,6-9H,3,5H2. The zero-order valence-electron chi connectivity index (χ0n) is 9.07. The number of hydrogen-bond acceptors (Lipinski definition) is 2. The van der Waals surface area contributed by atoms with Crippen molar-refractivity contribution in [3.8, 4) is 5.75 Å². The molecule has 1 aromatic heterocycles. The maximum absolute atomic E-state index is 13.1. The van der Waals surface area contributed by atoms with Gasteiger partial charge in [-0.15, -0.1) is 0 Å². The highest BCUT2D eigenvalue weighted by Crippen LogP contribution is 2.20. The van der Waals surface area contributed by atoms with E-state index < -0.39 is 0 Å². The van der Waals surface area contributed by atoms with Crippen molar-refractivity contribution in [2.45, 2.75) is 6.42 Å². The maximum atomic E-state index is 13.1. The Kier molecular flexibility index (Phi) is 4.09. The van der Waals surface area contributed by atoms with Crippen molar-refractivity contribution >= 4 is 15.9 Å². The lowest BCUT2D eigenvalue weighted by molar-refractivity contribution is 0.320. The van der Waals surface area contributed by atoms with E-state index in [4.69, 9.17) is 4.74 Å². The van der Waals surface area contributed by atoms with Gasteiger partial charge >= 0.3 is 0 Å². The van der Waals surface area contributed by atoms with Crippen LogP contribution in [-0.4, -0.2) is 11.6 Å². The zero-order chi connectivity index (χ0) is 12.1. The van der Waals surface area contributed by atoms with Crippen molar-refractivity contribution in [3.63, 3.8) is 0 Å². The van der Waals surface area contributed by atoms with E-state index in [1.165, 1.54) is 12.1 Å². The molecule has 2 aromatic rings. The summed E-state index contributed by atoms with van der Waals surface area (Å²) in [6, 6.07) is 8.38. The third kappa shape index (κ3) is 3.82. The number of pyridine rings is 1. The second kappa shape index (κ2) is 5.77. The Labute approximate surface area is 108 Å². The Morgan fingerprint density at radius 2 is 2.18 bits per heavy atom. The first-order chi connectivity index (χ1) is 8.24. The summed E-state index contributed by atoms with van der Waals surface area (Å²) >= 11 is 3.22. The van der Waals surface area contributed by atoms with E-state index in [1.54, 1.807) is 18.5 Å². The van der Waals surface area contributed by atoms with Gasteiger partial charge in [-0.2, -0.15) is 0 Å². The number of aromatic nitrogens is 1. The second-order valence-electron chi connectivity index (χ2n) is 3.56. The van der Waals surface area contributed by atoms with Gasteiger partial charge in [0.15, 0.2) is 0 Å². The number of nitrogens with zero attached hydrogens (tertiary/aromatic N) is 1. The van der Waals surface area contributed by atoms with Crippen LogP contribution in [0.4, 0.5) is 4.39 Å². The molecule has 1 aromatic carbocycles. The molecule has 4 heteroatoms. The highest BCUT2D eigenvalue weighted by molar-refractivity contribution is 9.10. The molecule has 0 aliphatic carbocycles. The van der Waals surface area contributed by atoms with Crippen LogP contribution in [-0.2, 0) is 6.42 Å². The summed E-state index contributed by atoms with van der Waals surface area (Å²) in [4.78, 5) is 4.02. The Hall–Kier alpha value is -1.42. The summed E-state index contributed by atoms with van der Waals surface area (Å²) in [6.45, 7) is 0.502. The molecule has 17 heavy (non-hydrogen) atoms. The van der Waals surface area contributed by atoms with Crippen LogP contribution in [0.25, 0.3) is 0 Å². The smallest absolute Gasteiger partial charge is 0.128 e. The number of benzene rings is 1. The molecular weight excluding hydrogens is 285 g/mol. The Balaban J connectivity index is 1.90. The molecule has 0 saturated carbocycles. The molecule has 0 spiro atoms. The first kappa shape index (κ1) is 12.0. The number of ether oxygens (including phenoxy) is 1. The van der Waals surface area contributed by atoms with E-state index in [9.17, 15) is 4.39 Å². The Morgan fingerprint density at radius 3 is 2.88 bits per heavy atom. The van der Waals surface area contributed by atoms with Crippen molar-refractivity contribution in [3.05, 3.63) is 58.6 Å². The fourth-order valence-corrected chi connectivity index (χ4v) is 1.89. The van der Waals surface area contributed by atoms with Crippen molar-refractivity contribution < 1.29 is 9.13 Å². The summed E-state index contributed by atoms with van der Waals surface area (Å²) in [5.74, 6) is 0.219. The van der Waals surface area contributed by atoms with Crippen molar-refractivity contribution in [2.24, 2.45) is 0 Å². The molecule has 0 saturated heterocycles. The minimum Gasteiger partial charge on any atom is -0.493 e. The minimum absolute atomic E-state index is 0.309. The molecule has 0 aliphatic heterocycles. The number of halogens is 2. The first-order valence-electron chi connectivity index (χ1n) is 5.22. The fraction of sp³-hybridized carbons (Fsp3) is 0.154. The molecule has 2 rings (SSSR count). The average molecular weight is 296 g/mol. The monoisotopic (exact) mass is 295 g/mol. The van der Waals surface area contributed by atoms with Crippen LogP contribution in [0.2, 0.25) is 0 Å². The molecule has 0 aliphatic rings. The maximum Gasteiger partial charge on any atom is 0.128 e. The van der Waals surface area contributed by atoms with E-state index in [0.29, 0.717) is 16.8 Å². The largest absolute Gasteiger partial charge is 0.493 e. The van der Waals surface area contributed by atoms with Gasteiger partial charge in [-0.3, -0.25) is 4.98 Å². The highest BCUT2D eigenvalue weighted by Gasteiger charge is 2.00. The predicted molar refractivity (Wildman–Crippen MR) is 67.5 cm³/mol. The van der Waals surface area contributed by atoms with Gasteiger partial charge < -0.3 is 4.74 Å². The van der Waals surface area contributed by atoms with Gasteiger partial charge in [0.1, 0.15) is 11.6 Å². The van der Waals surface area contributed by atoms with Crippen LogP contribution in [0.3, 0.4) is 0 Å². The third-order valence-corrected chi connectivity index (χ3v) is 2.68. The van der Waals surface area contributed by atoms with E-state index >= 15 is 0 Å². The fourth-order valence-electron chi connectivity index (χ4n) is 1.44. The van der Waals surface area contributed by atoms with Crippen molar-refractivity contribution in [1.29, 1.82) is 0 Å². The van der Waals surface area contributed by atoms with Crippen LogP contribution in [0.15, 0.2) is 47.2 Å². The summed E-state index contributed by atoms with van der Waals surface area (Å²) in [6.07, 6.45) is 4.28. The molecule has 0 N–H and O–H groups in total. The van der Waals surface area contributed by atoms with Gasteiger partial charge in [0.25, 0.3) is 0 Å². The van der Waals surface area contributed by atoms with Gasteiger partial charge in [-0.05, 0) is 23.8 Å². The lowest BCUT2D eigenvalue weighted by Crippen LogP contribution is -2.01. The molecule has 0 amide bonds. The third-order valence-electron chi connectivity index (χ3n) is 2.22. The van der Waals surface area contributed by atoms with E-state index in [1.807, 2.05) is 12.1 Å². The SMILES string of the molecule is Fc1cc(Br)cc(OCCc2cccnc2)c1. The van der Waals surface area contributed by atoms with E-state index in [0.717, 1.165) is 12.0 Å². The molecule has 0 unspecified atom stereocenters. The van der Waals surface area contributed by atoms with Crippen molar-refractivity contribution in [2.75, 3.05) is 6.61 Å². The molecule has 0 bridgehead atoms. The summed E-state index contributed by atoms with van der Waals surface area (Å²) in [5, 5.41) is 0. The first-order valence-corrected chi connectivity index (χ1v) is 6.01. The van der Waals surface area contributed by atoms with E-state index in [-0.39, 0.29) is 5.82 Å². The molecule has 0 atom stereocenters. The topological polar surface area (TPSA) is 22.1 Å². The quantitative estimate of drug-likeness (QED) is 0.860. The molecule has 88 valence electrons. The average Bonchev–Trinajstić information content (AvgIpc) is 2.29. The molecule has 1 heterocycles. The van der Waals surface area contributed by atoms with E-state index in [2.05, 4.69) is 20.9 Å². The summed E-state index contributed by atoms with van der Waals surface area (Å²) < 4.78 is 19.2. The second-order valence-corrected chi connectivity index (χ2v) is 4.48. The van der Waals surface area contributed by atoms with Crippen LogP contribution in [0.5, 0.6) is 5.75 Å². The lowest BCUT2D eigenvalue weighted by atomic mass is 10.2. The van der Waals surface area contributed by atoms with Gasteiger partial charge in [0.2, 0.25) is 0 Å². The number of hydrogen-bond donors (Lipinski definition) is 0. The zero-order valence-corrected chi connectivity index (χ0v) is 10.7. The van der Waals surface area contributed by atoms with Gasteiger partial charge in [-0.25, -0.2) is 4.39 Å². The molecule has 0 radical (unpaired) electrons. The highest BCUT2D eigenvalue weighted by atomic mass is 79.9. The minimum atomic E-state index is -0.309. The van der Waals surface area contributed by atoms with Gasteiger partial charge in [0, 0.05) is 29.4 Å². The lowest BCUT2D eigenvalue weighted by Gasteiger charge is -2.06. The molecule has 0 fully saturated rings. The van der Waals surface area contributed by atoms with Gasteiger partial charge in [-0.1, -0.05) is 22.0 Å². The Morgan fingerprint density at radius 1 is 1.29 bits per heavy atom. The van der Waals surface area contributed by atoms with Crippen LogP contribution >= 0.6 is 15.9 Å². The van der Waals surface area contributed by atoms with Crippen molar-refractivity contribution in [1.82, 2.24) is 4.98 Å². The normalized spacial score (nSPS) is 10.2.